The average Bonchev–Trinajstić information content (AvgIpc) is 3.31. The van der Waals surface area contributed by atoms with Crippen LogP contribution in [-0.4, -0.2) is 44.0 Å². The van der Waals surface area contributed by atoms with E-state index in [4.69, 9.17) is 4.98 Å². The number of nitrogens with zero attached hydrogens (tertiary/aromatic N) is 5. The van der Waals surface area contributed by atoms with Crippen LogP contribution in [0, 0.1) is 10.1 Å². The van der Waals surface area contributed by atoms with E-state index in [9.17, 15) is 10.1 Å². The summed E-state index contributed by atoms with van der Waals surface area (Å²) in [4.78, 5) is 22.2. The topological polar surface area (TPSA) is 89.1 Å². The van der Waals surface area contributed by atoms with Crippen molar-refractivity contribution >= 4 is 29.4 Å². The van der Waals surface area contributed by atoms with Crippen molar-refractivity contribution in [1.82, 2.24) is 24.8 Å². The highest BCUT2D eigenvalue weighted by Gasteiger charge is 2.27. The Morgan fingerprint density at radius 1 is 1.43 bits per heavy atom. The van der Waals surface area contributed by atoms with Crippen LogP contribution in [0.4, 0.5) is 5.69 Å². The molecule has 148 valence electrons. The predicted octanol–water partition coefficient (Wildman–Crippen LogP) is 3.02. The van der Waals surface area contributed by atoms with Gasteiger partial charge in [-0.1, -0.05) is 12.1 Å². The monoisotopic (exact) mass is 420 g/mol. The Morgan fingerprint density at radius 3 is 3.04 bits per heavy atom. The first kappa shape index (κ1) is 20.4. The van der Waals surface area contributed by atoms with Gasteiger partial charge in [-0.25, -0.2) is 9.97 Å². The van der Waals surface area contributed by atoms with Gasteiger partial charge >= 0.3 is 0 Å². The second kappa shape index (κ2) is 8.78. The van der Waals surface area contributed by atoms with Gasteiger partial charge < -0.3 is 9.88 Å². The quantitative estimate of drug-likeness (QED) is 0.504. The second-order valence-corrected chi connectivity index (χ2v) is 7.40. The van der Waals surface area contributed by atoms with Gasteiger partial charge in [-0.05, 0) is 0 Å². The Hall–Kier alpha value is -2.33. The van der Waals surface area contributed by atoms with Crippen LogP contribution < -0.4 is 5.32 Å². The Balaban J connectivity index is 0.00000225. The van der Waals surface area contributed by atoms with Crippen LogP contribution >= 0.6 is 23.7 Å². The molecule has 2 aromatic heterocycles. The summed E-state index contributed by atoms with van der Waals surface area (Å²) in [6, 6.07) is 6.82. The summed E-state index contributed by atoms with van der Waals surface area (Å²) in [6.07, 6.45) is 3.79. The van der Waals surface area contributed by atoms with Crippen LogP contribution in [0.1, 0.15) is 17.6 Å². The molecule has 1 atom stereocenters. The zero-order chi connectivity index (χ0) is 18.8. The van der Waals surface area contributed by atoms with E-state index >= 15 is 0 Å². The number of non-ortho nitro benzene ring substituents is 1. The van der Waals surface area contributed by atoms with Gasteiger partial charge in [-0.3, -0.25) is 15.0 Å². The highest BCUT2D eigenvalue weighted by atomic mass is 35.5. The second-order valence-electron chi connectivity index (χ2n) is 6.54. The van der Waals surface area contributed by atoms with Crippen molar-refractivity contribution in [2.45, 2.75) is 12.6 Å². The fraction of sp³-hybridized carbons (Fsp3) is 0.333. The van der Waals surface area contributed by atoms with Crippen molar-refractivity contribution in [1.29, 1.82) is 0 Å². The third kappa shape index (κ3) is 4.22. The van der Waals surface area contributed by atoms with E-state index < -0.39 is 0 Å². The lowest BCUT2D eigenvalue weighted by Crippen LogP contribution is -2.46. The number of aryl methyl sites for hydroxylation is 1. The van der Waals surface area contributed by atoms with E-state index in [-0.39, 0.29) is 29.1 Å². The lowest BCUT2D eigenvalue weighted by molar-refractivity contribution is -0.384. The third-order valence-corrected chi connectivity index (χ3v) is 5.67. The molecule has 4 rings (SSSR count). The molecule has 0 aliphatic carbocycles. The zero-order valence-electron chi connectivity index (χ0n) is 15.3. The van der Waals surface area contributed by atoms with Crippen molar-refractivity contribution in [3.63, 3.8) is 0 Å². The van der Waals surface area contributed by atoms with Crippen LogP contribution in [-0.2, 0) is 13.6 Å². The maximum atomic E-state index is 11.0. The molecule has 1 aromatic carbocycles. The number of thiazole rings is 1. The SMILES string of the molecule is Cl.Cn1ccnc1C1CNCCN1Cc1csc(-c2cccc([N+](=O)[O-])c2)n1. The van der Waals surface area contributed by atoms with E-state index in [2.05, 4.69) is 19.8 Å². The summed E-state index contributed by atoms with van der Waals surface area (Å²) < 4.78 is 2.06. The molecular weight excluding hydrogens is 400 g/mol. The van der Waals surface area contributed by atoms with Crippen molar-refractivity contribution in [2.24, 2.45) is 7.05 Å². The maximum Gasteiger partial charge on any atom is 0.270 e. The smallest absolute Gasteiger partial charge is 0.270 e. The van der Waals surface area contributed by atoms with Crippen molar-refractivity contribution in [2.75, 3.05) is 19.6 Å². The molecule has 1 fully saturated rings. The normalized spacial score (nSPS) is 17.2. The van der Waals surface area contributed by atoms with Crippen molar-refractivity contribution in [3.8, 4) is 10.6 Å². The highest BCUT2D eigenvalue weighted by molar-refractivity contribution is 7.13. The number of piperazine rings is 1. The molecular formula is C18H21ClN6O2S. The first-order valence-corrected chi connectivity index (χ1v) is 9.61. The molecule has 10 heteroatoms. The molecule has 1 saturated heterocycles. The summed E-state index contributed by atoms with van der Waals surface area (Å²) >= 11 is 1.52. The number of imidazole rings is 1. The Kier molecular flexibility index (Phi) is 6.40. The van der Waals surface area contributed by atoms with E-state index in [1.807, 2.05) is 30.9 Å². The number of halogens is 1. The van der Waals surface area contributed by atoms with E-state index in [1.54, 1.807) is 12.1 Å². The average molecular weight is 421 g/mol. The molecule has 3 heterocycles. The van der Waals surface area contributed by atoms with Crippen LogP contribution in [0.2, 0.25) is 0 Å². The number of hydrogen-bond donors (Lipinski definition) is 1. The standard InChI is InChI=1S/C18H20N6O2S.ClH/c1-22-7-6-20-17(22)16-10-19-5-8-23(16)11-14-12-27-18(21-14)13-3-2-4-15(9-13)24(25)26;/h2-4,6-7,9,12,16,19H,5,8,10-11H2,1H3;1H. The third-order valence-electron chi connectivity index (χ3n) is 4.73. The van der Waals surface area contributed by atoms with Gasteiger partial charge in [-0.15, -0.1) is 23.7 Å². The van der Waals surface area contributed by atoms with E-state index in [0.717, 1.165) is 48.3 Å². The van der Waals surface area contributed by atoms with Gasteiger partial charge in [0.05, 0.1) is 16.7 Å². The number of nitrogens with one attached hydrogen (secondary N) is 1. The van der Waals surface area contributed by atoms with Gasteiger partial charge in [0, 0.05) is 68.7 Å². The Bertz CT molecular complexity index is 959. The first-order chi connectivity index (χ1) is 13.1. The molecule has 0 spiro atoms. The Morgan fingerprint density at radius 2 is 2.29 bits per heavy atom. The van der Waals surface area contributed by atoms with Crippen molar-refractivity contribution < 1.29 is 4.92 Å². The molecule has 28 heavy (non-hydrogen) atoms. The van der Waals surface area contributed by atoms with Gasteiger partial charge in [0.25, 0.3) is 5.69 Å². The van der Waals surface area contributed by atoms with Gasteiger partial charge in [0.1, 0.15) is 10.8 Å². The predicted molar refractivity (Wildman–Crippen MR) is 111 cm³/mol. The first-order valence-electron chi connectivity index (χ1n) is 8.73. The summed E-state index contributed by atoms with van der Waals surface area (Å²) in [5.74, 6) is 1.04. The van der Waals surface area contributed by atoms with Crippen LogP contribution in [0.15, 0.2) is 42.0 Å². The molecule has 0 radical (unpaired) electrons. The minimum Gasteiger partial charge on any atom is -0.337 e. The molecule has 1 aliphatic heterocycles. The van der Waals surface area contributed by atoms with Gasteiger partial charge in [0.15, 0.2) is 0 Å². The number of nitro groups is 1. The number of nitro benzene ring substituents is 1. The van der Waals surface area contributed by atoms with E-state index in [1.165, 1.54) is 17.4 Å². The van der Waals surface area contributed by atoms with Crippen LogP contribution in [0.3, 0.4) is 0 Å². The lowest BCUT2D eigenvalue weighted by Gasteiger charge is -2.35. The minimum absolute atomic E-state index is 0. The maximum absolute atomic E-state index is 11.0. The summed E-state index contributed by atoms with van der Waals surface area (Å²) in [5.41, 5.74) is 1.84. The fourth-order valence-electron chi connectivity index (χ4n) is 3.36. The molecule has 0 amide bonds. The zero-order valence-corrected chi connectivity index (χ0v) is 16.9. The van der Waals surface area contributed by atoms with Crippen LogP contribution in [0.5, 0.6) is 0 Å². The van der Waals surface area contributed by atoms with Crippen molar-refractivity contribution in [3.05, 3.63) is 63.7 Å². The molecule has 0 saturated carbocycles. The molecule has 0 bridgehead atoms. The van der Waals surface area contributed by atoms with Crippen LogP contribution in [0.25, 0.3) is 10.6 Å². The number of hydrogen-bond acceptors (Lipinski definition) is 7. The molecule has 8 nitrogen and oxygen atoms in total. The number of rotatable bonds is 5. The minimum atomic E-state index is -0.379. The molecule has 1 N–H and O–H groups in total. The largest absolute Gasteiger partial charge is 0.337 e. The molecule has 3 aromatic rings. The number of benzene rings is 1. The summed E-state index contributed by atoms with van der Waals surface area (Å²) in [6.45, 7) is 3.43. The van der Waals surface area contributed by atoms with Gasteiger partial charge in [0.2, 0.25) is 0 Å². The fourth-order valence-corrected chi connectivity index (χ4v) is 4.17. The van der Waals surface area contributed by atoms with E-state index in [0.29, 0.717) is 0 Å². The number of aromatic nitrogens is 3. The Labute approximate surface area is 172 Å². The van der Waals surface area contributed by atoms with Gasteiger partial charge in [-0.2, -0.15) is 0 Å². The lowest BCUT2D eigenvalue weighted by atomic mass is 10.1. The summed E-state index contributed by atoms with van der Waals surface area (Å²) in [7, 11) is 2.01. The molecule has 1 unspecified atom stereocenters. The summed E-state index contributed by atoms with van der Waals surface area (Å²) in [5, 5.41) is 17.3. The highest BCUT2D eigenvalue weighted by Crippen LogP contribution is 2.29. The molecule has 1 aliphatic rings.